The molecule has 0 spiro atoms. The Morgan fingerprint density at radius 3 is 2.72 bits per heavy atom. The number of thiophene rings is 1. The van der Waals surface area contributed by atoms with Gasteiger partial charge >= 0.3 is 0 Å². The Balaban J connectivity index is 2.07. The van der Waals surface area contributed by atoms with Gasteiger partial charge in [-0.05, 0) is 42.7 Å². The molecule has 1 aromatic heterocycles. The maximum Gasteiger partial charge on any atom is 0.245 e. The number of carbonyl (C=O) groups excluding carboxylic acids is 1. The van der Waals surface area contributed by atoms with Gasteiger partial charge in [0.1, 0.15) is 10.5 Å². The van der Waals surface area contributed by atoms with Gasteiger partial charge in [0.25, 0.3) is 0 Å². The normalized spacial score (nSPS) is 22.4. The zero-order valence-corrected chi connectivity index (χ0v) is 15.1. The van der Waals surface area contributed by atoms with E-state index in [1.54, 1.807) is 35.8 Å². The topological polar surface area (TPSA) is 104 Å². The molecule has 6 nitrogen and oxygen atoms in total. The van der Waals surface area contributed by atoms with Crippen LogP contribution in [0.3, 0.4) is 0 Å². The van der Waals surface area contributed by atoms with Crippen LogP contribution in [-0.2, 0) is 19.4 Å². The van der Waals surface area contributed by atoms with Gasteiger partial charge in [-0.1, -0.05) is 18.6 Å². The fourth-order valence-corrected chi connectivity index (χ4v) is 7.09. The van der Waals surface area contributed by atoms with Crippen molar-refractivity contribution in [3.63, 3.8) is 0 Å². The molecule has 0 unspecified atom stereocenters. The van der Waals surface area contributed by atoms with E-state index >= 15 is 0 Å². The van der Waals surface area contributed by atoms with Crippen molar-refractivity contribution >= 4 is 27.1 Å². The Bertz CT molecular complexity index is 890. The van der Waals surface area contributed by atoms with Crippen LogP contribution in [0.4, 0.5) is 0 Å². The van der Waals surface area contributed by atoms with Gasteiger partial charge in [-0.25, -0.2) is 13.9 Å². The first kappa shape index (κ1) is 17.9. The maximum absolute atomic E-state index is 12.9. The first-order valence-corrected chi connectivity index (χ1v) is 10.4. The molecule has 8 heteroatoms. The van der Waals surface area contributed by atoms with Gasteiger partial charge in [-0.15, -0.1) is 11.3 Å². The van der Waals surface area contributed by atoms with Gasteiger partial charge in [0.05, 0.1) is 12.2 Å². The SMILES string of the molecule is O=C(C[C@]1(c2ccc(-c3cccc(O)c3)s2)CCCCS1(=O)=O)NO. The Hall–Kier alpha value is -1.90. The highest BCUT2D eigenvalue weighted by Crippen LogP contribution is 2.47. The lowest BCUT2D eigenvalue weighted by molar-refractivity contribution is -0.130. The van der Waals surface area contributed by atoms with E-state index in [-0.39, 0.29) is 17.9 Å². The standard InChI is InChI=1S/C17H19NO5S2/c19-13-5-3-4-12(10-13)14-6-7-15(24-14)17(11-16(20)18-21)8-1-2-9-25(17,22)23/h3-7,10,19,21H,1-2,8-9,11H2,(H,18,20)/t17-/m0/s1. The molecule has 1 aromatic carbocycles. The van der Waals surface area contributed by atoms with Crippen molar-refractivity contribution in [2.24, 2.45) is 0 Å². The Morgan fingerprint density at radius 1 is 1.24 bits per heavy atom. The van der Waals surface area contributed by atoms with Gasteiger partial charge in [-0.3, -0.25) is 10.0 Å². The van der Waals surface area contributed by atoms with Crippen LogP contribution < -0.4 is 5.48 Å². The summed E-state index contributed by atoms with van der Waals surface area (Å²) in [5.41, 5.74) is 2.34. The summed E-state index contributed by atoms with van der Waals surface area (Å²) in [7, 11) is -3.53. The van der Waals surface area contributed by atoms with Crippen molar-refractivity contribution in [3.05, 3.63) is 41.3 Å². The Labute approximate surface area is 150 Å². The minimum Gasteiger partial charge on any atom is -0.508 e. The molecule has 1 aliphatic rings. The molecule has 1 aliphatic heterocycles. The fraction of sp³-hybridized carbons (Fsp3) is 0.353. The summed E-state index contributed by atoms with van der Waals surface area (Å²) < 4.78 is 24.4. The number of rotatable bonds is 4. The monoisotopic (exact) mass is 381 g/mol. The Kier molecular flexibility index (Phi) is 4.86. The lowest BCUT2D eigenvalue weighted by Crippen LogP contribution is -2.43. The molecular weight excluding hydrogens is 362 g/mol. The molecule has 2 heterocycles. The van der Waals surface area contributed by atoms with Crippen molar-refractivity contribution < 1.29 is 23.5 Å². The second-order valence-electron chi connectivity index (χ2n) is 6.20. The quantitative estimate of drug-likeness (QED) is 0.558. The van der Waals surface area contributed by atoms with Crippen molar-refractivity contribution in [1.29, 1.82) is 0 Å². The van der Waals surface area contributed by atoms with Gasteiger partial charge in [0, 0.05) is 9.75 Å². The third-order valence-corrected chi connectivity index (χ3v) is 8.65. The summed E-state index contributed by atoms with van der Waals surface area (Å²) in [5, 5.41) is 18.5. The first-order valence-electron chi connectivity index (χ1n) is 7.93. The molecule has 3 N–H and O–H groups in total. The smallest absolute Gasteiger partial charge is 0.245 e. The molecule has 134 valence electrons. The summed E-state index contributed by atoms with van der Waals surface area (Å²) >= 11 is 1.30. The first-order chi connectivity index (χ1) is 11.9. The van der Waals surface area contributed by atoms with Crippen LogP contribution in [0.25, 0.3) is 10.4 Å². The number of hydrogen-bond donors (Lipinski definition) is 3. The van der Waals surface area contributed by atoms with Crippen LogP contribution in [0.2, 0.25) is 0 Å². The number of hydrogen-bond acceptors (Lipinski definition) is 6. The fourth-order valence-electron chi connectivity index (χ4n) is 3.31. The van der Waals surface area contributed by atoms with Crippen molar-refractivity contribution in [1.82, 2.24) is 5.48 Å². The average molecular weight is 381 g/mol. The van der Waals surface area contributed by atoms with Crippen LogP contribution in [0.1, 0.15) is 30.6 Å². The van der Waals surface area contributed by atoms with Crippen LogP contribution in [0.5, 0.6) is 5.75 Å². The zero-order valence-electron chi connectivity index (χ0n) is 13.4. The summed E-state index contributed by atoms with van der Waals surface area (Å²) in [5.74, 6) is -0.546. The third-order valence-electron chi connectivity index (χ3n) is 4.60. The summed E-state index contributed by atoms with van der Waals surface area (Å²) in [6.07, 6.45) is 1.33. The van der Waals surface area contributed by atoms with E-state index in [9.17, 15) is 18.3 Å². The van der Waals surface area contributed by atoms with E-state index in [1.165, 1.54) is 11.3 Å². The van der Waals surface area contributed by atoms with Gasteiger partial charge < -0.3 is 5.11 Å². The predicted octanol–water partition coefficient (Wildman–Crippen LogP) is 2.81. The highest BCUT2D eigenvalue weighted by molar-refractivity contribution is 7.92. The maximum atomic E-state index is 12.9. The lowest BCUT2D eigenvalue weighted by Gasteiger charge is -2.35. The van der Waals surface area contributed by atoms with Crippen molar-refractivity contribution in [3.8, 4) is 16.2 Å². The van der Waals surface area contributed by atoms with E-state index < -0.39 is 20.5 Å². The number of phenols is 1. The molecule has 3 rings (SSSR count). The van der Waals surface area contributed by atoms with Gasteiger partial charge in [0.2, 0.25) is 5.91 Å². The van der Waals surface area contributed by atoms with E-state index in [2.05, 4.69) is 0 Å². The van der Waals surface area contributed by atoms with E-state index in [4.69, 9.17) is 5.21 Å². The number of amides is 1. The van der Waals surface area contributed by atoms with Gasteiger partial charge in [-0.2, -0.15) is 0 Å². The summed E-state index contributed by atoms with van der Waals surface area (Å²) in [6, 6.07) is 10.3. The molecule has 0 bridgehead atoms. The molecule has 1 saturated heterocycles. The molecular formula is C17H19NO5S2. The van der Waals surface area contributed by atoms with Crippen molar-refractivity contribution in [2.75, 3.05) is 5.75 Å². The molecule has 25 heavy (non-hydrogen) atoms. The molecule has 1 atom stereocenters. The number of hydroxylamine groups is 1. The number of aromatic hydroxyl groups is 1. The van der Waals surface area contributed by atoms with Gasteiger partial charge in [0.15, 0.2) is 9.84 Å². The summed E-state index contributed by atoms with van der Waals surface area (Å²) in [4.78, 5) is 13.2. The number of sulfone groups is 1. The zero-order chi connectivity index (χ0) is 18.1. The molecule has 2 aromatic rings. The van der Waals surface area contributed by atoms with Crippen LogP contribution in [0.15, 0.2) is 36.4 Å². The number of phenolic OH excluding ortho intramolecular Hbond substituents is 1. The largest absolute Gasteiger partial charge is 0.508 e. The second kappa shape index (κ2) is 6.78. The molecule has 0 aliphatic carbocycles. The average Bonchev–Trinajstić information content (AvgIpc) is 3.07. The van der Waals surface area contributed by atoms with E-state index in [0.29, 0.717) is 24.1 Å². The molecule has 0 saturated carbocycles. The number of carbonyl (C=O) groups is 1. The Morgan fingerprint density at radius 2 is 2.04 bits per heavy atom. The van der Waals surface area contributed by atoms with E-state index in [1.807, 2.05) is 6.07 Å². The van der Waals surface area contributed by atoms with Crippen LogP contribution in [-0.4, -0.2) is 30.4 Å². The van der Waals surface area contributed by atoms with Crippen LogP contribution >= 0.6 is 11.3 Å². The minimum atomic E-state index is -3.53. The summed E-state index contributed by atoms with van der Waals surface area (Å²) in [6.45, 7) is 0. The highest BCUT2D eigenvalue weighted by Gasteiger charge is 2.49. The van der Waals surface area contributed by atoms with E-state index in [0.717, 1.165) is 10.4 Å². The highest BCUT2D eigenvalue weighted by atomic mass is 32.2. The molecule has 1 fully saturated rings. The molecule has 0 radical (unpaired) electrons. The number of benzene rings is 1. The minimum absolute atomic E-state index is 0.0328. The van der Waals surface area contributed by atoms with Crippen LogP contribution in [0, 0.1) is 0 Å². The third kappa shape index (κ3) is 3.29. The van der Waals surface area contributed by atoms with Crippen molar-refractivity contribution in [2.45, 2.75) is 30.4 Å². The second-order valence-corrected chi connectivity index (χ2v) is 9.70. The predicted molar refractivity (Wildman–Crippen MR) is 95.3 cm³/mol. The molecule has 1 amide bonds. The lowest BCUT2D eigenvalue weighted by atomic mass is 9.94. The number of nitrogens with one attached hydrogen (secondary N) is 1.